The SMILES string of the molecule is O=[N+]([O-])c1cc(F)cc(CS(=O)(=O)c2ccc(F)cc2)c1. The van der Waals surface area contributed by atoms with Crippen LogP contribution in [0, 0.1) is 21.7 Å². The second-order valence-electron chi connectivity index (χ2n) is 4.29. The van der Waals surface area contributed by atoms with Crippen molar-refractivity contribution < 1.29 is 22.1 Å². The fraction of sp³-hybridized carbons (Fsp3) is 0.0769. The largest absolute Gasteiger partial charge is 0.272 e. The number of halogens is 2. The normalized spacial score (nSPS) is 11.3. The van der Waals surface area contributed by atoms with Crippen molar-refractivity contribution in [1.82, 2.24) is 0 Å². The van der Waals surface area contributed by atoms with Gasteiger partial charge in [-0.1, -0.05) is 0 Å². The molecule has 2 aromatic rings. The van der Waals surface area contributed by atoms with Crippen LogP contribution in [-0.2, 0) is 15.6 Å². The average molecular weight is 313 g/mol. The number of nitro benzene ring substituents is 1. The summed E-state index contributed by atoms with van der Waals surface area (Å²) >= 11 is 0. The molecule has 21 heavy (non-hydrogen) atoms. The molecule has 0 saturated carbocycles. The van der Waals surface area contributed by atoms with E-state index >= 15 is 0 Å². The average Bonchev–Trinajstić information content (AvgIpc) is 2.37. The van der Waals surface area contributed by atoms with Gasteiger partial charge in [-0.2, -0.15) is 0 Å². The number of nitro groups is 1. The van der Waals surface area contributed by atoms with Gasteiger partial charge in [0.1, 0.15) is 11.6 Å². The zero-order valence-electron chi connectivity index (χ0n) is 10.5. The molecule has 0 aromatic heterocycles. The van der Waals surface area contributed by atoms with Crippen LogP contribution < -0.4 is 0 Å². The van der Waals surface area contributed by atoms with Crippen molar-refractivity contribution in [1.29, 1.82) is 0 Å². The Balaban J connectivity index is 2.36. The third kappa shape index (κ3) is 3.60. The first-order valence-corrected chi connectivity index (χ1v) is 7.35. The molecule has 0 aliphatic rings. The highest BCUT2D eigenvalue weighted by molar-refractivity contribution is 7.90. The molecule has 0 spiro atoms. The van der Waals surface area contributed by atoms with Gasteiger partial charge in [-0.05, 0) is 35.9 Å². The summed E-state index contributed by atoms with van der Waals surface area (Å²) < 4.78 is 50.2. The molecule has 0 aliphatic heterocycles. The lowest BCUT2D eigenvalue weighted by atomic mass is 10.2. The zero-order chi connectivity index (χ0) is 15.6. The van der Waals surface area contributed by atoms with Crippen molar-refractivity contribution in [3.05, 3.63) is 69.8 Å². The van der Waals surface area contributed by atoms with Gasteiger partial charge in [0.05, 0.1) is 21.6 Å². The minimum Gasteiger partial charge on any atom is -0.258 e. The van der Waals surface area contributed by atoms with Gasteiger partial charge in [-0.15, -0.1) is 0 Å². The minimum absolute atomic E-state index is 0.0500. The van der Waals surface area contributed by atoms with E-state index in [2.05, 4.69) is 0 Å². The topological polar surface area (TPSA) is 77.3 Å². The van der Waals surface area contributed by atoms with E-state index in [4.69, 9.17) is 0 Å². The number of non-ortho nitro benzene ring substituents is 1. The summed E-state index contributed by atoms with van der Waals surface area (Å²) in [5.41, 5.74) is -0.578. The summed E-state index contributed by atoms with van der Waals surface area (Å²) in [6.07, 6.45) is 0. The van der Waals surface area contributed by atoms with Gasteiger partial charge in [-0.3, -0.25) is 10.1 Å². The Bertz CT molecular complexity index is 788. The van der Waals surface area contributed by atoms with Crippen LogP contribution in [0.25, 0.3) is 0 Å². The molecule has 0 unspecified atom stereocenters. The quantitative estimate of drug-likeness (QED) is 0.494. The molecular weight excluding hydrogens is 304 g/mol. The molecule has 0 amide bonds. The van der Waals surface area contributed by atoms with E-state index in [-0.39, 0.29) is 10.5 Å². The molecule has 0 bridgehead atoms. The zero-order valence-corrected chi connectivity index (χ0v) is 11.3. The standard InChI is InChI=1S/C13H9F2NO4S/c14-10-1-3-13(4-2-10)21(19,20)8-9-5-11(15)7-12(6-9)16(17)18/h1-7H,8H2. The second-order valence-corrected chi connectivity index (χ2v) is 6.28. The van der Waals surface area contributed by atoms with Crippen LogP contribution in [-0.4, -0.2) is 13.3 Å². The summed E-state index contributed by atoms with van der Waals surface area (Å²) in [5.74, 6) is -2.10. The first-order chi connectivity index (χ1) is 9.78. The molecule has 0 saturated heterocycles. The van der Waals surface area contributed by atoms with Crippen LogP contribution in [0.4, 0.5) is 14.5 Å². The number of hydrogen-bond donors (Lipinski definition) is 0. The van der Waals surface area contributed by atoms with Crippen molar-refractivity contribution in [2.45, 2.75) is 10.6 Å². The van der Waals surface area contributed by atoms with Gasteiger partial charge in [0.2, 0.25) is 0 Å². The molecule has 2 rings (SSSR count). The fourth-order valence-corrected chi connectivity index (χ4v) is 3.09. The van der Waals surface area contributed by atoms with Crippen molar-refractivity contribution in [2.24, 2.45) is 0 Å². The minimum atomic E-state index is -3.85. The van der Waals surface area contributed by atoms with Gasteiger partial charge in [0.15, 0.2) is 9.84 Å². The van der Waals surface area contributed by atoms with E-state index in [9.17, 15) is 27.3 Å². The molecule has 0 heterocycles. The molecule has 2 aromatic carbocycles. The van der Waals surface area contributed by atoms with Gasteiger partial charge < -0.3 is 0 Å². The van der Waals surface area contributed by atoms with Crippen LogP contribution in [0.2, 0.25) is 0 Å². The van der Waals surface area contributed by atoms with Crippen molar-refractivity contribution in [3.8, 4) is 0 Å². The molecular formula is C13H9F2NO4S. The van der Waals surface area contributed by atoms with E-state index in [1.807, 2.05) is 0 Å². The second kappa shape index (κ2) is 5.57. The van der Waals surface area contributed by atoms with E-state index in [1.54, 1.807) is 0 Å². The monoisotopic (exact) mass is 313 g/mol. The van der Waals surface area contributed by atoms with Gasteiger partial charge in [0, 0.05) is 6.07 Å². The van der Waals surface area contributed by atoms with Crippen LogP contribution in [0.15, 0.2) is 47.4 Å². The number of nitrogens with zero attached hydrogens (tertiary/aromatic N) is 1. The Kier molecular flexibility index (Phi) is 3.99. The lowest BCUT2D eigenvalue weighted by Gasteiger charge is -2.05. The van der Waals surface area contributed by atoms with E-state index in [0.717, 1.165) is 36.4 Å². The highest BCUT2D eigenvalue weighted by Gasteiger charge is 2.18. The summed E-state index contributed by atoms with van der Waals surface area (Å²) in [7, 11) is -3.85. The highest BCUT2D eigenvalue weighted by atomic mass is 32.2. The molecule has 0 radical (unpaired) electrons. The lowest BCUT2D eigenvalue weighted by molar-refractivity contribution is -0.385. The predicted octanol–water partition coefficient (Wildman–Crippen LogP) is 2.85. The Morgan fingerprint density at radius 3 is 2.19 bits per heavy atom. The van der Waals surface area contributed by atoms with Crippen molar-refractivity contribution >= 4 is 15.5 Å². The molecule has 5 nitrogen and oxygen atoms in total. The molecule has 0 N–H and O–H groups in total. The van der Waals surface area contributed by atoms with E-state index in [0.29, 0.717) is 6.07 Å². The number of hydrogen-bond acceptors (Lipinski definition) is 4. The van der Waals surface area contributed by atoms with Crippen LogP contribution in [0.1, 0.15) is 5.56 Å². The number of rotatable bonds is 4. The van der Waals surface area contributed by atoms with Crippen molar-refractivity contribution in [2.75, 3.05) is 0 Å². The molecule has 0 fully saturated rings. The third-order valence-electron chi connectivity index (χ3n) is 2.68. The Hall–Kier alpha value is -2.35. The molecule has 0 atom stereocenters. The van der Waals surface area contributed by atoms with Gasteiger partial charge in [0.25, 0.3) is 5.69 Å². The maximum atomic E-state index is 13.3. The number of benzene rings is 2. The first kappa shape index (κ1) is 15.0. The maximum Gasteiger partial charge on any atom is 0.272 e. The Morgan fingerprint density at radius 2 is 1.62 bits per heavy atom. The predicted molar refractivity (Wildman–Crippen MR) is 70.3 cm³/mol. The van der Waals surface area contributed by atoms with E-state index < -0.39 is 37.8 Å². The van der Waals surface area contributed by atoms with E-state index in [1.165, 1.54) is 0 Å². The summed E-state index contributed by atoms with van der Waals surface area (Å²) in [5, 5.41) is 10.6. The van der Waals surface area contributed by atoms with Gasteiger partial charge >= 0.3 is 0 Å². The Morgan fingerprint density at radius 1 is 1.00 bits per heavy atom. The van der Waals surface area contributed by atoms with Crippen molar-refractivity contribution in [3.63, 3.8) is 0 Å². The van der Waals surface area contributed by atoms with Gasteiger partial charge in [-0.25, -0.2) is 17.2 Å². The summed E-state index contributed by atoms with van der Waals surface area (Å²) in [6.45, 7) is 0. The van der Waals surface area contributed by atoms with Crippen LogP contribution >= 0.6 is 0 Å². The lowest BCUT2D eigenvalue weighted by Crippen LogP contribution is -2.06. The maximum absolute atomic E-state index is 13.3. The Labute approximate surface area is 118 Å². The molecule has 8 heteroatoms. The smallest absolute Gasteiger partial charge is 0.258 e. The number of sulfone groups is 1. The fourth-order valence-electron chi connectivity index (χ4n) is 1.77. The van der Waals surface area contributed by atoms with Crippen LogP contribution in [0.5, 0.6) is 0 Å². The van der Waals surface area contributed by atoms with Crippen LogP contribution in [0.3, 0.4) is 0 Å². The summed E-state index contributed by atoms with van der Waals surface area (Å²) in [6, 6.07) is 6.74. The molecule has 0 aliphatic carbocycles. The molecule has 110 valence electrons. The first-order valence-electron chi connectivity index (χ1n) is 5.70. The highest BCUT2D eigenvalue weighted by Crippen LogP contribution is 2.21. The summed E-state index contributed by atoms with van der Waals surface area (Å²) in [4.78, 5) is 9.68. The third-order valence-corrected chi connectivity index (χ3v) is 4.39.